The molecule has 37 heavy (non-hydrogen) atoms. The molecular formula is C25H29FN9OP. The van der Waals surface area contributed by atoms with E-state index >= 15 is 4.39 Å². The van der Waals surface area contributed by atoms with Crippen LogP contribution in [0.25, 0.3) is 10.9 Å². The smallest absolute Gasteiger partial charge is 0.240 e. The maximum atomic E-state index is 15.1. The average Bonchev–Trinajstić information content (AvgIpc) is 3.26. The number of aromatic nitrogens is 4. The summed E-state index contributed by atoms with van der Waals surface area (Å²) in [6.07, 6.45) is 1.77. The first-order valence-electron chi connectivity index (χ1n) is 12.2. The first-order valence-corrected chi connectivity index (χ1v) is 13.9. The van der Waals surface area contributed by atoms with E-state index in [0.717, 1.165) is 16.5 Å². The van der Waals surface area contributed by atoms with Crippen LogP contribution < -0.4 is 26.1 Å². The molecule has 0 spiro atoms. The number of pyridine rings is 1. The van der Waals surface area contributed by atoms with E-state index in [0.29, 0.717) is 42.4 Å². The van der Waals surface area contributed by atoms with Gasteiger partial charge in [-0.2, -0.15) is 0 Å². The van der Waals surface area contributed by atoms with Crippen molar-refractivity contribution in [2.45, 2.75) is 33.4 Å². The zero-order valence-corrected chi connectivity index (χ0v) is 21.8. The van der Waals surface area contributed by atoms with Crippen molar-refractivity contribution < 1.29 is 8.96 Å². The molecule has 0 radical (unpaired) electrons. The van der Waals surface area contributed by atoms with Crippen molar-refractivity contribution in [1.29, 1.82) is 0 Å². The van der Waals surface area contributed by atoms with Gasteiger partial charge in [0.25, 0.3) is 0 Å². The maximum Gasteiger partial charge on any atom is 0.240 e. The van der Waals surface area contributed by atoms with Crippen LogP contribution in [0.1, 0.15) is 26.3 Å². The van der Waals surface area contributed by atoms with Gasteiger partial charge in [-0.3, -0.25) is 19.7 Å². The van der Waals surface area contributed by atoms with Gasteiger partial charge in [0.05, 0.1) is 23.8 Å². The largest absolute Gasteiger partial charge is 0.356 e. The van der Waals surface area contributed by atoms with Gasteiger partial charge >= 0.3 is 0 Å². The Hall–Kier alpha value is -3.66. The molecule has 0 aliphatic carbocycles. The Morgan fingerprint density at radius 3 is 2.68 bits per heavy atom. The zero-order chi connectivity index (χ0) is 26.0. The Bertz CT molecular complexity index is 1510. The van der Waals surface area contributed by atoms with E-state index in [1.807, 2.05) is 45.0 Å². The molecule has 0 fully saturated rings. The molecule has 12 heteroatoms. The Kier molecular flexibility index (Phi) is 7.01. The van der Waals surface area contributed by atoms with E-state index in [9.17, 15) is 4.57 Å². The van der Waals surface area contributed by atoms with E-state index in [2.05, 4.69) is 42.2 Å². The number of hydrogen-bond donors (Lipinski definition) is 4. The van der Waals surface area contributed by atoms with E-state index in [4.69, 9.17) is 4.99 Å². The molecule has 5 rings (SSSR count). The van der Waals surface area contributed by atoms with Crippen molar-refractivity contribution in [3.8, 4) is 0 Å². The van der Waals surface area contributed by atoms with Gasteiger partial charge in [0.15, 0.2) is 11.6 Å². The lowest BCUT2D eigenvalue weighted by Gasteiger charge is -2.23. The highest BCUT2D eigenvalue weighted by molar-refractivity contribution is 7.67. The molecule has 0 bridgehead atoms. The monoisotopic (exact) mass is 521 g/mol. The summed E-state index contributed by atoms with van der Waals surface area (Å²) < 4.78 is 30.1. The van der Waals surface area contributed by atoms with Crippen LogP contribution in [-0.4, -0.2) is 44.9 Å². The van der Waals surface area contributed by atoms with Crippen LogP contribution >= 0.6 is 7.44 Å². The van der Waals surface area contributed by atoms with Gasteiger partial charge in [0.2, 0.25) is 7.44 Å². The van der Waals surface area contributed by atoms with Crippen molar-refractivity contribution in [2.75, 3.05) is 23.7 Å². The summed E-state index contributed by atoms with van der Waals surface area (Å²) in [6.45, 7) is 7.07. The van der Waals surface area contributed by atoms with Crippen LogP contribution in [0.5, 0.6) is 0 Å². The highest BCUT2D eigenvalue weighted by Gasteiger charge is 2.26. The molecule has 0 saturated heterocycles. The summed E-state index contributed by atoms with van der Waals surface area (Å²) in [5, 5.41) is 22.2. The van der Waals surface area contributed by atoms with Crippen LogP contribution in [0.3, 0.4) is 0 Å². The minimum Gasteiger partial charge on any atom is -0.356 e. The van der Waals surface area contributed by atoms with Crippen molar-refractivity contribution in [1.82, 2.24) is 30.2 Å². The lowest BCUT2D eigenvalue weighted by atomic mass is 10.1. The minimum atomic E-state index is -3.10. The van der Waals surface area contributed by atoms with Gasteiger partial charge in [0.1, 0.15) is 11.7 Å². The number of nitrogens with one attached hydrogen (secondary N) is 4. The number of fused-ring (bicyclic) bond motifs is 2. The zero-order valence-electron chi connectivity index (χ0n) is 20.9. The average molecular weight is 522 g/mol. The second-order valence-corrected chi connectivity index (χ2v) is 11.1. The molecule has 1 aliphatic heterocycles. The van der Waals surface area contributed by atoms with E-state index in [-0.39, 0.29) is 11.7 Å². The van der Waals surface area contributed by atoms with Gasteiger partial charge < -0.3 is 10.6 Å². The number of rotatable bonds is 8. The third-order valence-corrected chi connectivity index (χ3v) is 8.57. The Balaban J connectivity index is 1.40. The molecule has 1 atom stereocenters. The van der Waals surface area contributed by atoms with Gasteiger partial charge in [0, 0.05) is 30.0 Å². The summed E-state index contributed by atoms with van der Waals surface area (Å²) in [6, 6.07) is 14.2. The molecule has 4 aromatic rings. The number of anilines is 2. The van der Waals surface area contributed by atoms with Crippen molar-refractivity contribution >= 4 is 46.8 Å². The van der Waals surface area contributed by atoms with Crippen LogP contribution in [0.15, 0.2) is 59.7 Å². The fourth-order valence-corrected chi connectivity index (χ4v) is 6.21. The second kappa shape index (κ2) is 10.4. The third kappa shape index (κ3) is 5.11. The lowest BCUT2D eigenvalue weighted by molar-refractivity contribution is 0.563. The highest BCUT2D eigenvalue weighted by atomic mass is 31.2. The van der Waals surface area contributed by atoms with Crippen LogP contribution in [0, 0.1) is 5.82 Å². The SMILES string of the molecule is CCNP(=O)(NCC)c1ccc(NC2=Nc3c(nnn3Cc3ccc4ncccc4c3)NC2C)c(F)c1. The highest BCUT2D eigenvalue weighted by Crippen LogP contribution is 2.35. The van der Waals surface area contributed by atoms with Crippen molar-refractivity contribution in [3.63, 3.8) is 0 Å². The first-order chi connectivity index (χ1) is 17.9. The van der Waals surface area contributed by atoms with Crippen molar-refractivity contribution in [2.24, 2.45) is 4.99 Å². The van der Waals surface area contributed by atoms with Crippen LogP contribution in [0.4, 0.5) is 21.7 Å². The molecular weight excluding hydrogens is 492 g/mol. The topological polar surface area (TPSA) is 121 Å². The maximum absolute atomic E-state index is 15.1. The quantitative estimate of drug-likeness (QED) is 0.257. The van der Waals surface area contributed by atoms with Crippen molar-refractivity contribution in [3.05, 3.63) is 66.1 Å². The molecule has 4 N–H and O–H groups in total. The molecule has 2 aromatic heterocycles. The van der Waals surface area contributed by atoms with E-state index in [1.54, 1.807) is 23.0 Å². The number of halogens is 1. The number of nitrogens with zero attached hydrogens (tertiary/aromatic N) is 5. The van der Waals surface area contributed by atoms with Gasteiger partial charge in [-0.05, 0) is 48.9 Å². The summed E-state index contributed by atoms with van der Waals surface area (Å²) >= 11 is 0. The van der Waals surface area contributed by atoms with Crippen LogP contribution in [0.2, 0.25) is 0 Å². The molecule has 1 aliphatic rings. The van der Waals surface area contributed by atoms with Gasteiger partial charge in [-0.25, -0.2) is 14.1 Å². The molecule has 2 aromatic carbocycles. The fourth-order valence-electron chi connectivity index (χ4n) is 4.26. The summed E-state index contributed by atoms with van der Waals surface area (Å²) in [7, 11) is -3.10. The normalized spacial score (nSPS) is 15.2. The molecule has 1 unspecified atom stereocenters. The number of hydrogen-bond acceptors (Lipinski definition) is 7. The third-order valence-electron chi connectivity index (χ3n) is 6.04. The Morgan fingerprint density at radius 1 is 1.11 bits per heavy atom. The standard InChI is InChI=1S/C25H29FN9OP/c1-4-28-37(36,29-5-2)19-9-11-22(20(26)14-19)31-23-16(3)30-24-25(32-23)35(34-33-24)15-17-8-10-21-18(13-17)7-6-12-27-21/h6-14,16,30H,4-5,15H2,1-3H3,(H,31,32)(H2,28,29,36). The predicted octanol–water partition coefficient (Wildman–Crippen LogP) is 4.01. The second-order valence-electron chi connectivity index (χ2n) is 8.73. The molecule has 0 saturated carbocycles. The summed E-state index contributed by atoms with van der Waals surface area (Å²) in [5.41, 5.74) is 2.19. The Labute approximate surface area is 214 Å². The molecule has 3 heterocycles. The predicted molar refractivity (Wildman–Crippen MR) is 146 cm³/mol. The number of benzene rings is 2. The summed E-state index contributed by atoms with van der Waals surface area (Å²) in [4.78, 5) is 9.10. The molecule has 10 nitrogen and oxygen atoms in total. The van der Waals surface area contributed by atoms with Gasteiger partial charge in [-0.15, -0.1) is 5.10 Å². The number of amidine groups is 1. The lowest BCUT2D eigenvalue weighted by Crippen LogP contribution is -2.35. The molecule has 192 valence electrons. The van der Waals surface area contributed by atoms with E-state index < -0.39 is 13.3 Å². The number of aliphatic imine (C=N–C) groups is 1. The van der Waals surface area contributed by atoms with Crippen LogP contribution in [-0.2, 0) is 11.1 Å². The van der Waals surface area contributed by atoms with E-state index in [1.165, 1.54) is 6.07 Å². The minimum absolute atomic E-state index is 0.236. The fraction of sp³-hybridized carbons (Fsp3) is 0.280. The molecule has 0 amide bonds. The Morgan fingerprint density at radius 2 is 1.92 bits per heavy atom. The van der Waals surface area contributed by atoms with Gasteiger partial charge in [-0.1, -0.05) is 31.2 Å². The first kappa shape index (κ1) is 25.0. The summed E-state index contributed by atoms with van der Waals surface area (Å²) in [5.74, 6) is 1.11.